The van der Waals surface area contributed by atoms with E-state index in [1.165, 1.54) is 0 Å². The van der Waals surface area contributed by atoms with E-state index in [4.69, 9.17) is 10.4 Å². The van der Waals surface area contributed by atoms with Crippen LogP contribution in [0.2, 0.25) is 0 Å². The van der Waals surface area contributed by atoms with Crippen molar-refractivity contribution in [1.29, 1.82) is 5.26 Å². The lowest BCUT2D eigenvalue weighted by Crippen LogP contribution is -2.28. The smallest absolute Gasteiger partial charge is 0.204 e. The lowest BCUT2D eigenvalue weighted by atomic mass is 10.1. The zero-order valence-electron chi connectivity index (χ0n) is 4.78. The molecule has 0 saturated carbocycles. The van der Waals surface area contributed by atoms with Crippen molar-refractivity contribution in [3.8, 4) is 6.07 Å². The van der Waals surface area contributed by atoms with E-state index >= 15 is 0 Å². The van der Waals surface area contributed by atoms with Gasteiger partial charge in [-0.15, -0.1) is 0 Å². The first-order valence-corrected chi connectivity index (χ1v) is 2.70. The van der Waals surface area contributed by atoms with Gasteiger partial charge >= 0.3 is 0 Å². The Morgan fingerprint density at radius 1 is 1.67 bits per heavy atom. The summed E-state index contributed by atoms with van der Waals surface area (Å²) >= 11 is 0. The number of aliphatic hydroxyl groups excluding tert-OH is 1. The van der Waals surface area contributed by atoms with Crippen molar-refractivity contribution < 1.29 is 14.9 Å². The molecular formula is C5H7NO3. The van der Waals surface area contributed by atoms with Gasteiger partial charge in [-0.05, 0) is 6.42 Å². The molecule has 2 atom stereocenters. The molecule has 1 rings (SSSR count). The number of rotatable bonds is 0. The summed E-state index contributed by atoms with van der Waals surface area (Å²) < 4.78 is 0. The van der Waals surface area contributed by atoms with Crippen LogP contribution < -0.4 is 0 Å². The molecular weight excluding hydrogens is 122 g/mol. The minimum atomic E-state index is -1.07. The molecule has 0 aromatic rings. The minimum Gasteiger partial charge on any atom is -0.365 e. The molecule has 0 aromatic carbocycles. The molecule has 0 amide bonds. The molecule has 1 fully saturated rings. The SMILES string of the molecule is N#CC1CCOOC1O. The van der Waals surface area contributed by atoms with Crippen LogP contribution in [-0.4, -0.2) is 18.0 Å². The summed E-state index contributed by atoms with van der Waals surface area (Å²) in [5, 5.41) is 17.1. The van der Waals surface area contributed by atoms with E-state index in [0.717, 1.165) is 0 Å². The molecule has 50 valence electrons. The highest BCUT2D eigenvalue weighted by molar-refractivity contribution is 4.84. The molecule has 1 saturated heterocycles. The average Bonchev–Trinajstić information content (AvgIpc) is 1.89. The molecule has 0 aliphatic carbocycles. The van der Waals surface area contributed by atoms with Crippen LogP contribution in [0.25, 0.3) is 0 Å². The molecule has 2 unspecified atom stereocenters. The highest BCUT2D eigenvalue weighted by Gasteiger charge is 2.24. The van der Waals surface area contributed by atoms with Gasteiger partial charge in [-0.1, -0.05) is 0 Å². The summed E-state index contributed by atoms with van der Waals surface area (Å²) in [5.74, 6) is -0.432. The number of hydrogen-bond donors (Lipinski definition) is 1. The van der Waals surface area contributed by atoms with E-state index in [9.17, 15) is 0 Å². The van der Waals surface area contributed by atoms with Crippen LogP contribution in [-0.2, 0) is 9.78 Å². The summed E-state index contributed by atoms with van der Waals surface area (Å²) in [7, 11) is 0. The molecule has 0 bridgehead atoms. The summed E-state index contributed by atoms with van der Waals surface area (Å²) in [6, 6.07) is 1.90. The van der Waals surface area contributed by atoms with Gasteiger partial charge in [-0.25, -0.2) is 9.78 Å². The third-order valence-electron chi connectivity index (χ3n) is 1.19. The first-order chi connectivity index (χ1) is 4.34. The van der Waals surface area contributed by atoms with Gasteiger partial charge in [0, 0.05) is 0 Å². The number of nitriles is 1. The van der Waals surface area contributed by atoms with Crippen LogP contribution in [0.15, 0.2) is 0 Å². The molecule has 0 spiro atoms. The zero-order chi connectivity index (χ0) is 6.69. The Bertz CT molecular complexity index is 131. The van der Waals surface area contributed by atoms with Crippen molar-refractivity contribution >= 4 is 0 Å². The molecule has 0 aromatic heterocycles. The number of hydrogen-bond acceptors (Lipinski definition) is 4. The van der Waals surface area contributed by atoms with Gasteiger partial charge in [0.05, 0.1) is 12.7 Å². The van der Waals surface area contributed by atoms with E-state index in [0.29, 0.717) is 13.0 Å². The number of aliphatic hydroxyl groups is 1. The van der Waals surface area contributed by atoms with Crippen LogP contribution in [0.1, 0.15) is 6.42 Å². The molecule has 1 heterocycles. The first kappa shape index (κ1) is 6.49. The first-order valence-electron chi connectivity index (χ1n) is 2.70. The monoisotopic (exact) mass is 129 g/mol. The van der Waals surface area contributed by atoms with Crippen LogP contribution in [0.3, 0.4) is 0 Å². The van der Waals surface area contributed by atoms with Gasteiger partial charge < -0.3 is 5.11 Å². The molecule has 9 heavy (non-hydrogen) atoms. The third kappa shape index (κ3) is 1.39. The van der Waals surface area contributed by atoms with Crippen molar-refractivity contribution in [3.05, 3.63) is 0 Å². The molecule has 4 nitrogen and oxygen atoms in total. The Labute approximate surface area is 52.5 Å². The highest BCUT2D eigenvalue weighted by atomic mass is 17.2. The predicted octanol–water partition coefficient (Wildman–Crippen LogP) is -0.204. The molecule has 1 aliphatic rings. The lowest BCUT2D eigenvalue weighted by molar-refractivity contribution is -0.399. The fourth-order valence-corrected chi connectivity index (χ4v) is 0.631. The van der Waals surface area contributed by atoms with Gasteiger partial charge in [-0.2, -0.15) is 5.26 Å². The summed E-state index contributed by atoms with van der Waals surface area (Å²) in [6.45, 7) is 0.384. The second-order valence-corrected chi connectivity index (χ2v) is 1.83. The highest BCUT2D eigenvalue weighted by Crippen LogP contribution is 2.14. The topological polar surface area (TPSA) is 62.5 Å². The van der Waals surface area contributed by atoms with Gasteiger partial charge in [0.2, 0.25) is 6.29 Å². The Balaban J connectivity index is 2.41. The minimum absolute atomic E-state index is 0.384. The lowest BCUT2D eigenvalue weighted by Gasteiger charge is -2.20. The van der Waals surface area contributed by atoms with Crippen molar-refractivity contribution in [1.82, 2.24) is 0 Å². The standard InChI is InChI=1S/C5H7NO3/c6-3-4-1-2-8-9-5(4)7/h4-5,7H,1-2H2. The Morgan fingerprint density at radius 3 is 2.89 bits per heavy atom. The average molecular weight is 129 g/mol. The fraction of sp³-hybridized carbons (Fsp3) is 0.800. The summed E-state index contributed by atoms with van der Waals surface area (Å²) in [6.07, 6.45) is -0.527. The van der Waals surface area contributed by atoms with Crippen LogP contribution in [0, 0.1) is 17.2 Å². The van der Waals surface area contributed by atoms with Crippen molar-refractivity contribution in [2.75, 3.05) is 6.61 Å². The van der Waals surface area contributed by atoms with E-state index in [2.05, 4.69) is 9.78 Å². The molecule has 1 N–H and O–H groups in total. The maximum atomic E-state index is 8.80. The van der Waals surface area contributed by atoms with E-state index < -0.39 is 12.2 Å². The molecule has 0 radical (unpaired) electrons. The molecule has 1 aliphatic heterocycles. The van der Waals surface area contributed by atoms with Gasteiger partial charge in [-0.3, -0.25) is 0 Å². The Hall–Kier alpha value is -0.630. The second kappa shape index (κ2) is 2.78. The van der Waals surface area contributed by atoms with E-state index in [1.807, 2.05) is 6.07 Å². The fourth-order valence-electron chi connectivity index (χ4n) is 0.631. The maximum absolute atomic E-state index is 8.80. The second-order valence-electron chi connectivity index (χ2n) is 1.83. The van der Waals surface area contributed by atoms with E-state index in [1.54, 1.807) is 0 Å². The van der Waals surface area contributed by atoms with Crippen LogP contribution >= 0.6 is 0 Å². The zero-order valence-corrected chi connectivity index (χ0v) is 4.78. The van der Waals surface area contributed by atoms with Crippen LogP contribution in [0.4, 0.5) is 0 Å². The van der Waals surface area contributed by atoms with Gasteiger partial charge in [0.25, 0.3) is 0 Å². The molecule has 4 heteroatoms. The predicted molar refractivity (Wildman–Crippen MR) is 26.8 cm³/mol. The largest absolute Gasteiger partial charge is 0.365 e. The van der Waals surface area contributed by atoms with E-state index in [-0.39, 0.29) is 0 Å². The number of nitrogens with zero attached hydrogens (tertiary/aromatic N) is 1. The summed E-state index contributed by atoms with van der Waals surface area (Å²) in [4.78, 5) is 8.73. The van der Waals surface area contributed by atoms with Gasteiger partial charge in [0.1, 0.15) is 5.92 Å². The van der Waals surface area contributed by atoms with Crippen molar-refractivity contribution in [2.24, 2.45) is 5.92 Å². The van der Waals surface area contributed by atoms with Gasteiger partial charge in [0.15, 0.2) is 0 Å². The third-order valence-corrected chi connectivity index (χ3v) is 1.19. The normalized spacial score (nSPS) is 35.6. The van der Waals surface area contributed by atoms with Crippen LogP contribution in [0.5, 0.6) is 0 Å². The Kier molecular flexibility index (Phi) is 2.01. The van der Waals surface area contributed by atoms with Crippen molar-refractivity contribution in [3.63, 3.8) is 0 Å². The van der Waals surface area contributed by atoms with Crippen molar-refractivity contribution in [2.45, 2.75) is 12.7 Å². The maximum Gasteiger partial charge on any atom is 0.204 e. The summed E-state index contributed by atoms with van der Waals surface area (Å²) in [5.41, 5.74) is 0. The Morgan fingerprint density at radius 2 is 2.44 bits per heavy atom. The quantitative estimate of drug-likeness (QED) is 0.460.